The summed E-state index contributed by atoms with van der Waals surface area (Å²) in [6.07, 6.45) is 0.912. The highest BCUT2D eigenvalue weighted by Gasteiger charge is 2.19. The minimum Gasteiger partial charge on any atom is -0.444 e. The first-order valence-electron chi connectivity index (χ1n) is 6.81. The van der Waals surface area contributed by atoms with Gasteiger partial charge in [-0.15, -0.1) is 0 Å². The van der Waals surface area contributed by atoms with Crippen molar-refractivity contribution < 1.29 is 19.1 Å². The number of ether oxygens (including phenoxy) is 1. The molecule has 6 nitrogen and oxygen atoms in total. The van der Waals surface area contributed by atoms with Crippen molar-refractivity contribution in [2.75, 3.05) is 0 Å². The average Bonchev–Trinajstić information content (AvgIpc) is 2.42. The van der Waals surface area contributed by atoms with Crippen LogP contribution in [0.4, 0.5) is 4.79 Å². The highest BCUT2D eigenvalue weighted by molar-refractivity contribution is 6.12. The molecule has 0 bridgehead atoms. The van der Waals surface area contributed by atoms with E-state index in [1.807, 2.05) is 0 Å². The second kappa shape index (κ2) is 7.49. The van der Waals surface area contributed by atoms with Crippen LogP contribution in [0, 0.1) is 5.41 Å². The van der Waals surface area contributed by atoms with Gasteiger partial charge in [0.15, 0.2) is 12.1 Å². The van der Waals surface area contributed by atoms with Crippen molar-refractivity contribution >= 4 is 24.0 Å². The summed E-state index contributed by atoms with van der Waals surface area (Å²) in [7, 11) is 0. The third kappa shape index (κ3) is 5.47. The van der Waals surface area contributed by atoms with E-state index in [1.165, 1.54) is 0 Å². The van der Waals surface area contributed by atoms with Crippen molar-refractivity contribution in [1.29, 1.82) is 5.41 Å². The molecule has 0 spiro atoms. The summed E-state index contributed by atoms with van der Waals surface area (Å²) in [6.45, 7) is 5.14. The standard InChI is InChI=1S/C16H19N2O4/c1-16(2,3)22-15(21)18-14(17)12-8-5-4-7-11(12)13(20)9-6-10-19/h4-5,7-8H,6,9H2,1-3H3,(H2,17,18,21). The number of hydrogen-bond donors (Lipinski definition) is 2. The molecule has 1 aromatic carbocycles. The van der Waals surface area contributed by atoms with Crippen LogP contribution in [0.15, 0.2) is 24.3 Å². The first kappa shape index (κ1) is 17.6. The van der Waals surface area contributed by atoms with Crippen LogP contribution in [0.5, 0.6) is 0 Å². The largest absolute Gasteiger partial charge is 0.444 e. The summed E-state index contributed by atoms with van der Waals surface area (Å²) >= 11 is 0. The summed E-state index contributed by atoms with van der Waals surface area (Å²) < 4.78 is 5.07. The fourth-order valence-electron chi connectivity index (χ4n) is 1.72. The van der Waals surface area contributed by atoms with Gasteiger partial charge in [-0.1, -0.05) is 24.3 Å². The quantitative estimate of drug-likeness (QED) is 0.496. The number of alkyl carbamates (subject to hydrolysis) is 1. The molecule has 1 rings (SSSR count). The van der Waals surface area contributed by atoms with Gasteiger partial charge in [-0.25, -0.2) is 4.79 Å². The van der Waals surface area contributed by atoms with Gasteiger partial charge in [-0.3, -0.25) is 20.3 Å². The number of ketones is 1. The molecule has 2 N–H and O–H groups in total. The fraction of sp³-hybridized carbons (Fsp3) is 0.375. The zero-order chi connectivity index (χ0) is 16.8. The maximum atomic E-state index is 12.0. The predicted molar refractivity (Wildman–Crippen MR) is 81.9 cm³/mol. The van der Waals surface area contributed by atoms with Gasteiger partial charge in [-0.05, 0) is 20.8 Å². The highest BCUT2D eigenvalue weighted by atomic mass is 16.6. The number of Topliss-reactive ketones (excluding diaryl/α,β-unsaturated/α-hetero) is 1. The lowest BCUT2D eigenvalue weighted by molar-refractivity contribution is 0.0562. The molecule has 117 valence electrons. The molecule has 6 heteroatoms. The zero-order valence-corrected chi connectivity index (χ0v) is 12.9. The molecule has 0 unspecified atom stereocenters. The number of carbonyl (C=O) groups is 2. The number of rotatable bonds is 5. The molecule has 0 saturated carbocycles. The molecule has 0 aliphatic heterocycles. The molecule has 1 amide bonds. The second-order valence-electron chi connectivity index (χ2n) is 5.61. The highest BCUT2D eigenvalue weighted by Crippen LogP contribution is 2.13. The SMILES string of the molecule is CC(C)(C)OC(=O)NC(=N)c1ccccc1C(=O)CC[C]=O. The Bertz CT molecular complexity index is 588. The van der Waals surface area contributed by atoms with Crippen molar-refractivity contribution in [3.8, 4) is 0 Å². The monoisotopic (exact) mass is 303 g/mol. The van der Waals surface area contributed by atoms with Crippen LogP contribution in [0.1, 0.15) is 49.5 Å². The van der Waals surface area contributed by atoms with Gasteiger partial charge < -0.3 is 4.74 Å². The van der Waals surface area contributed by atoms with Gasteiger partial charge in [-0.2, -0.15) is 0 Å². The Morgan fingerprint density at radius 1 is 1.23 bits per heavy atom. The van der Waals surface area contributed by atoms with Crippen molar-refractivity contribution in [3.05, 3.63) is 35.4 Å². The summed E-state index contributed by atoms with van der Waals surface area (Å²) in [4.78, 5) is 34.0. The number of hydrogen-bond acceptors (Lipinski definition) is 5. The average molecular weight is 303 g/mol. The van der Waals surface area contributed by atoms with E-state index in [1.54, 1.807) is 51.3 Å². The molecule has 0 atom stereocenters. The molecule has 1 aromatic rings. The minimum atomic E-state index is -0.763. The van der Waals surface area contributed by atoms with Gasteiger partial charge in [0.2, 0.25) is 0 Å². The summed E-state index contributed by atoms with van der Waals surface area (Å²) in [5, 5.41) is 10.2. The number of amides is 1. The van der Waals surface area contributed by atoms with Gasteiger partial charge in [0.1, 0.15) is 11.4 Å². The predicted octanol–water partition coefficient (Wildman–Crippen LogP) is 2.61. The van der Waals surface area contributed by atoms with Gasteiger partial charge >= 0.3 is 6.09 Å². The first-order valence-corrected chi connectivity index (χ1v) is 6.81. The third-order valence-corrected chi connectivity index (χ3v) is 2.58. The molecule has 22 heavy (non-hydrogen) atoms. The molecule has 0 aliphatic carbocycles. The Hall–Kier alpha value is -2.50. The van der Waals surface area contributed by atoms with E-state index in [9.17, 15) is 14.4 Å². The Morgan fingerprint density at radius 3 is 2.36 bits per heavy atom. The summed E-state index contributed by atoms with van der Waals surface area (Å²) in [5.41, 5.74) is -0.123. The van der Waals surface area contributed by atoms with Crippen LogP contribution in [-0.4, -0.2) is 29.6 Å². The number of benzene rings is 1. The molecule has 1 radical (unpaired) electrons. The minimum absolute atomic E-state index is 0.00000464. The van der Waals surface area contributed by atoms with Gasteiger partial charge in [0.05, 0.1) is 0 Å². The van der Waals surface area contributed by atoms with E-state index < -0.39 is 11.7 Å². The molecule has 0 aromatic heterocycles. The Kier molecular flexibility index (Phi) is 5.98. The molecule has 0 aliphatic rings. The Labute approximate surface area is 129 Å². The maximum absolute atomic E-state index is 12.0. The van der Waals surface area contributed by atoms with Gasteiger partial charge in [0.25, 0.3) is 0 Å². The van der Waals surface area contributed by atoms with Crippen molar-refractivity contribution in [1.82, 2.24) is 5.32 Å². The van der Waals surface area contributed by atoms with Gasteiger partial charge in [0, 0.05) is 24.0 Å². The van der Waals surface area contributed by atoms with Crippen LogP contribution in [0.2, 0.25) is 0 Å². The topological polar surface area (TPSA) is 96.3 Å². The van der Waals surface area contributed by atoms with Crippen LogP contribution < -0.4 is 5.32 Å². The second-order valence-corrected chi connectivity index (χ2v) is 5.61. The van der Waals surface area contributed by atoms with E-state index in [0.717, 1.165) is 0 Å². The molecule has 0 saturated heterocycles. The molecular formula is C16H19N2O4. The van der Waals surface area contributed by atoms with Crippen LogP contribution in [0.3, 0.4) is 0 Å². The first-order chi connectivity index (χ1) is 10.2. The molecule has 0 fully saturated rings. The lowest BCUT2D eigenvalue weighted by Gasteiger charge is -2.20. The van der Waals surface area contributed by atoms with E-state index >= 15 is 0 Å². The smallest absolute Gasteiger partial charge is 0.413 e. The van der Waals surface area contributed by atoms with Crippen LogP contribution in [-0.2, 0) is 9.53 Å². The number of amidine groups is 1. The molecular weight excluding hydrogens is 284 g/mol. The van der Waals surface area contributed by atoms with E-state index in [-0.39, 0.29) is 35.6 Å². The van der Waals surface area contributed by atoms with Crippen LogP contribution >= 0.6 is 0 Å². The Balaban J connectivity index is 2.88. The Morgan fingerprint density at radius 2 is 1.82 bits per heavy atom. The maximum Gasteiger partial charge on any atom is 0.413 e. The zero-order valence-electron chi connectivity index (χ0n) is 12.9. The van der Waals surface area contributed by atoms with E-state index in [4.69, 9.17) is 10.1 Å². The normalized spacial score (nSPS) is 10.7. The lowest BCUT2D eigenvalue weighted by atomic mass is 10.00. The van der Waals surface area contributed by atoms with Crippen molar-refractivity contribution in [2.45, 2.75) is 39.2 Å². The third-order valence-electron chi connectivity index (χ3n) is 2.58. The number of nitrogens with one attached hydrogen (secondary N) is 2. The fourth-order valence-corrected chi connectivity index (χ4v) is 1.72. The number of carbonyl (C=O) groups excluding carboxylic acids is 3. The van der Waals surface area contributed by atoms with E-state index in [0.29, 0.717) is 0 Å². The van der Waals surface area contributed by atoms with Crippen LogP contribution in [0.25, 0.3) is 0 Å². The summed E-state index contributed by atoms with van der Waals surface area (Å²) in [6, 6.07) is 6.41. The van der Waals surface area contributed by atoms with Crippen molar-refractivity contribution in [2.24, 2.45) is 0 Å². The molecule has 0 heterocycles. The van der Waals surface area contributed by atoms with E-state index in [2.05, 4.69) is 5.32 Å². The van der Waals surface area contributed by atoms with Crippen molar-refractivity contribution in [3.63, 3.8) is 0 Å². The summed E-state index contributed by atoms with van der Waals surface area (Å²) in [5.74, 6) is -0.511. The lowest BCUT2D eigenvalue weighted by Crippen LogP contribution is -2.36.